The maximum atomic E-state index is 11.5. The molecule has 0 unspecified atom stereocenters. The van der Waals surface area contributed by atoms with Crippen molar-refractivity contribution in [1.29, 1.82) is 0 Å². The minimum absolute atomic E-state index is 0. The Balaban J connectivity index is 0. The van der Waals surface area contributed by atoms with Crippen LogP contribution in [0.15, 0.2) is 24.3 Å². The molecule has 1 atom stereocenters. The summed E-state index contributed by atoms with van der Waals surface area (Å²) < 4.78 is 0. The second-order valence-corrected chi connectivity index (χ2v) is 3.19. The number of hydrogen-bond donors (Lipinski definition) is 3. The monoisotopic (exact) mass is 280 g/mol. The average molecular weight is 281 g/mol. The first kappa shape index (κ1) is 18.1. The van der Waals surface area contributed by atoms with Crippen molar-refractivity contribution in [1.82, 2.24) is 0 Å². The molecule has 0 fully saturated rings. The predicted octanol–water partition coefficient (Wildman–Crippen LogP) is 1.10. The summed E-state index contributed by atoms with van der Waals surface area (Å²) in [7, 11) is 0. The molecule has 0 saturated carbocycles. The van der Waals surface area contributed by atoms with Crippen LogP contribution in [0.5, 0.6) is 0 Å². The summed E-state index contributed by atoms with van der Waals surface area (Å²) in [5, 5.41) is 8.52. The molecule has 0 aliphatic heterocycles. The second kappa shape index (κ2) is 7.89. The lowest BCUT2D eigenvalue weighted by Gasteiger charge is -2.05. The number of nitrogen functional groups attached to an aromatic ring is 1. The molecule has 1 aromatic rings. The highest BCUT2D eigenvalue weighted by Crippen LogP contribution is 2.08. The van der Waals surface area contributed by atoms with Gasteiger partial charge in [-0.15, -0.1) is 24.8 Å². The van der Waals surface area contributed by atoms with Crippen molar-refractivity contribution in [2.75, 3.05) is 5.73 Å². The van der Waals surface area contributed by atoms with Crippen LogP contribution in [0.1, 0.15) is 16.8 Å². The number of nitrogens with two attached hydrogens (primary N) is 2. The van der Waals surface area contributed by atoms with Crippen LogP contribution >= 0.6 is 24.8 Å². The zero-order chi connectivity index (χ0) is 11.4. The smallest absolute Gasteiger partial charge is 0.320 e. The fourth-order valence-corrected chi connectivity index (χ4v) is 1.07. The Morgan fingerprint density at radius 3 is 2.06 bits per heavy atom. The van der Waals surface area contributed by atoms with Gasteiger partial charge in [0, 0.05) is 17.7 Å². The number of benzene rings is 1. The SMILES string of the molecule is Cl.Cl.Nc1ccc(C(=O)C[C@@H](N)C(=O)O)cc1. The lowest BCUT2D eigenvalue weighted by atomic mass is 10.0. The summed E-state index contributed by atoms with van der Waals surface area (Å²) in [6.45, 7) is 0. The van der Waals surface area contributed by atoms with E-state index in [0.717, 1.165) is 0 Å². The molecule has 0 saturated heterocycles. The fraction of sp³-hybridized carbons (Fsp3) is 0.200. The van der Waals surface area contributed by atoms with E-state index in [9.17, 15) is 9.59 Å². The zero-order valence-electron chi connectivity index (χ0n) is 8.83. The Morgan fingerprint density at radius 1 is 1.18 bits per heavy atom. The predicted molar refractivity (Wildman–Crippen MR) is 69.9 cm³/mol. The number of Topliss-reactive ketones (excluding diaryl/α,β-unsaturated/α-hetero) is 1. The topological polar surface area (TPSA) is 106 Å². The molecule has 0 aromatic heterocycles. The van der Waals surface area contributed by atoms with Crippen LogP contribution in [0.25, 0.3) is 0 Å². The molecular formula is C10H14Cl2N2O3. The number of aliphatic carboxylic acids is 1. The van der Waals surface area contributed by atoms with Crippen LogP contribution in [0.2, 0.25) is 0 Å². The van der Waals surface area contributed by atoms with Crippen LogP contribution in [0.4, 0.5) is 5.69 Å². The largest absolute Gasteiger partial charge is 0.480 e. The van der Waals surface area contributed by atoms with E-state index < -0.39 is 12.0 Å². The van der Waals surface area contributed by atoms with Crippen LogP contribution in [-0.2, 0) is 4.79 Å². The van der Waals surface area contributed by atoms with Gasteiger partial charge in [0.25, 0.3) is 0 Å². The number of hydrogen-bond acceptors (Lipinski definition) is 4. The summed E-state index contributed by atoms with van der Waals surface area (Å²) in [6, 6.07) is 5.10. The van der Waals surface area contributed by atoms with Crippen molar-refractivity contribution in [3.63, 3.8) is 0 Å². The number of carboxylic acids is 1. The molecule has 0 aliphatic rings. The molecule has 7 heteroatoms. The molecule has 0 heterocycles. The van der Waals surface area contributed by atoms with Crippen LogP contribution in [0, 0.1) is 0 Å². The number of carbonyl (C=O) groups is 2. The van der Waals surface area contributed by atoms with Gasteiger partial charge in [-0.3, -0.25) is 9.59 Å². The van der Waals surface area contributed by atoms with Gasteiger partial charge >= 0.3 is 5.97 Å². The number of carbonyl (C=O) groups excluding carboxylic acids is 1. The van der Waals surface area contributed by atoms with E-state index in [1.54, 1.807) is 24.3 Å². The molecule has 96 valence electrons. The molecule has 0 radical (unpaired) electrons. The van der Waals surface area contributed by atoms with Crippen molar-refractivity contribution in [3.05, 3.63) is 29.8 Å². The molecule has 5 N–H and O–H groups in total. The summed E-state index contributed by atoms with van der Waals surface area (Å²) in [5.41, 5.74) is 11.7. The van der Waals surface area contributed by atoms with Crippen molar-refractivity contribution < 1.29 is 14.7 Å². The maximum absolute atomic E-state index is 11.5. The fourth-order valence-electron chi connectivity index (χ4n) is 1.07. The second-order valence-electron chi connectivity index (χ2n) is 3.19. The standard InChI is InChI=1S/C10H12N2O3.2ClH/c11-7-3-1-6(2-4-7)9(13)5-8(12)10(14)15;;/h1-4,8H,5,11-12H2,(H,14,15);2*1H/t8-;;/m1../s1. The molecule has 1 aromatic carbocycles. The van der Waals surface area contributed by atoms with Crippen molar-refractivity contribution in [2.24, 2.45) is 5.73 Å². The van der Waals surface area contributed by atoms with E-state index in [1.807, 2.05) is 0 Å². The minimum atomic E-state index is -1.18. The highest BCUT2D eigenvalue weighted by molar-refractivity contribution is 5.98. The Hall–Kier alpha value is -1.30. The van der Waals surface area contributed by atoms with Crippen molar-refractivity contribution in [2.45, 2.75) is 12.5 Å². The molecule has 0 spiro atoms. The van der Waals surface area contributed by atoms with Crippen molar-refractivity contribution >= 4 is 42.3 Å². The summed E-state index contributed by atoms with van der Waals surface area (Å²) in [5.74, 6) is -1.48. The summed E-state index contributed by atoms with van der Waals surface area (Å²) in [6.07, 6.45) is -0.209. The Labute approximate surface area is 111 Å². The Morgan fingerprint density at radius 2 is 1.65 bits per heavy atom. The van der Waals surface area contributed by atoms with Gasteiger partial charge < -0.3 is 16.6 Å². The van der Waals surface area contributed by atoms with Gasteiger partial charge in [-0.1, -0.05) is 0 Å². The van der Waals surface area contributed by atoms with E-state index in [-0.39, 0.29) is 37.0 Å². The molecule has 0 amide bonds. The molecule has 0 aliphatic carbocycles. The minimum Gasteiger partial charge on any atom is -0.480 e. The lowest BCUT2D eigenvalue weighted by Crippen LogP contribution is -2.32. The van der Waals surface area contributed by atoms with Gasteiger partial charge in [0.05, 0.1) is 0 Å². The first-order valence-electron chi connectivity index (χ1n) is 4.38. The van der Waals surface area contributed by atoms with E-state index in [2.05, 4.69) is 0 Å². The molecule has 5 nitrogen and oxygen atoms in total. The van der Waals surface area contributed by atoms with Crippen LogP contribution in [0.3, 0.4) is 0 Å². The third-order valence-electron chi connectivity index (χ3n) is 1.96. The van der Waals surface area contributed by atoms with E-state index in [0.29, 0.717) is 11.3 Å². The number of carboxylic acid groups (broad SMARTS) is 1. The van der Waals surface area contributed by atoms with E-state index in [4.69, 9.17) is 16.6 Å². The third kappa shape index (κ3) is 5.53. The quantitative estimate of drug-likeness (QED) is 0.566. The van der Waals surface area contributed by atoms with Crippen LogP contribution < -0.4 is 11.5 Å². The van der Waals surface area contributed by atoms with Gasteiger partial charge in [0.2, 0.25) is 0 Å². The lowest BCUT2D eigenvalue weighted by molar-refractivity contribution is -0.138. The van der Waals surface area contributed by atoms with E-state index >= 15 is 0 Å². The molecular weight excluding hydrogens is 267 g/mol. The van der Waals surface area contributed by atoms with Gasteiger partial charge in [0.1, 0.15) is 6.04 Å². The number of rotatable bonds is 4. The first-order chi connectivity index (χ1) is 7.00. The first-order valence-corrected chi connectivity index (χ1v) is 4.38. The molecule has 0 bridgehead atoms. The normalized spacial score (nSPS) is 10.6. The average Bonchev–Trinajstić information content (AvgIpc) is 2.18. The highest BCUT2D eigenvalue weighted by atomic mass is 35.5. The van der Waals surface area contributed by atoms with Gasteiger partial charge in [0.15, 0.2) is 5.78 Å². The number of ketones is 1. The Kier molecular flexibility index (Phi) is 8.39. The number of anilines is 1. The molecule has 17 heavy (non-hydrogen) atoms. The highest BCUT2D eigenvalue weighted by Gasteiger charge is 2.17. The van der Waals surface area contributed by atoms with E-state index in [1.165, 1.54) is 0 Å². The van der Waals surface area contributed by atoms with Crippen molar-refractivity contribution in [3.8, 4) is 0 Å². The zero-order valence-corrected chi connectivity index (χ0v) is 10.5. The van der Waals surface area contributed by atoms with Gasteiger partial charge in [-0.25, -0.2) is 0 Å². The van der Waals surface area contributed by atoms with Gasteiger partial charge in [-0.2, -0.15) is 0 Å². The Bertz CT molecular complexity index is 382. The van der Waals surface area contributed by atoms with Gasteiger partial charge in [-0.05, 0) is 24.3 Å². The summed E-state index contributed by atoms with van der Waals surface area (Å²) in [4.78, 5) is 21.9. The van der Waals surface area contributed by atoms with Crippen LogP contribution in [-0.4, -0.2) is 22.9 Å². The summed E-state index contributed by atoms with van der Waals surface area (Å²) >= 11 is 0. The maximum Gasteiger partial charge on any atom is 0.320 e. The third-order valence-corrected chi connectivity index (χ3v) is 1.96. The number of halogens is 2. The molecule has 1 rings (SSSR count).